The highest BCUT2D eigenvalue weighted by Gasteiger charge is 2.09. The molecule has 0 aliphatic rings. The minimum atomic E-state index is 0.502. The molecule has 0 spiro atoms. The molecular formula is C25H22N2O3. The maximum Gasteiger partial charge on any atom is 0.219 e. The summed E-state index contributed by atoms with van der Waals surface area (Å²) in [6, 6.07) is 24.5. The lowest BCUT2D eigenvalue weighted by atomic mass is 10.2. The molecule has 2 heterocycles. The van der Waals surface area contributed by atoms with Crippen LogP contribution in [0.25, 0.3) is 0 Å². The largest absolute Gasteiger partial charge is 0.457 e. The SMILES string of the molecule is Cc1cccc(Oc2cc(Oc3cccc(C)n3)cc(Oc3cccc(C)n3)c2)c1. The van der Waals surface area contributed by atoms with Gasteiger partial charge in [-0.2, -0.15) is 0 Å². The Balaban J connectivity index is 1.67. The Morgan fingerprint density at radius 3 is 1.50 bits per heavy atom. The molecule has 0 bridgehead atoms. The first-order valence-electron chi connectivity index (χ1n) is 9.66. The van der Waals surface area contributed by atoms with Crippen molar-refractivity contribution in [3.8, 4) is 34.8 Å². The third-order valence-corrected chi connectivity index (χ3v) is 4.25. The molecular weight excluding hydrogens is 376 g/mol. The van der Waals surface area contributed by atoms with Crippen LogP contribution in [-0.2, 0) is 0 Å². The van der Waals surface area contributed by atoms with Gasteiger partial charge < -0.3 is 14.2 Å². The second kappa shape index (κ2) is 8.66. The van der Waals surface area contributed by atoms with E-state index in [9.17, 15) is 0 Å². The van der Waals surface area contributed by atoms with Crippen molar-refractivity contribution in [1.29, 1.82) is 0 Å². The van der Waals surface area contributed by atoms with Crippen LogP contribution >= 0.6 is 0 Å². The van der Waals surface area contributed by atoms with Crippen LogP contribution in [0.3, 0.4) is 0 Å². The van der Waals surface area contributed by atoms with Crippen molar-refractivity contribution in [3.63, 3.8) is 0 Å². The molecule has 0 amide bonds. The first-order chi connectivity index (χ1) is 14.5. The molecule has 4 rings (SSSR count). The molecule has 0 N–H and O–H groups in total. The number of rotatable bonds is 6. The summed E-state index contributed by atoms with van der Waals surface area (Å²) in [5, 5.41) is 0. The molecule has 0 atom stereocenters. The molecule has 2 aromatic heterocycles. The van der Waals surface area contributed by atoms with Gasteiger partial charge >= 0.3 is 0 Å². The van der Waals surface area contributed by atoms with Crippen molar-refractivity contribution in [2.24, 2.45) is 0 Å². The summed E-state index contributed by atoms with van der Waals surface area (Å²) in [6.45, 7) is 5.86. The maximum atomic E-state index is 6.06. The van der Waals surface area contributed by atoms with Crippen LogP contribution in [0.5, 0.6) is 34.8 Å². The van der Waals surface area contributed by atoms with E-state index in [0.717, 1.165) is 22.7 Å². The van der Waals surface area contributed by atoms with E-state index in [1.807, 2.05) is 93.6 Å². The van der Waals surface area contributed by atoms with E-state index in [2.05, 4.69) is 9.97 Å². The van der Waals surface area contributed by atoms with Crippen molar-refractivity contribution < 1.29 is 14.2 Å². The predicted octanol–water partition coefficient (Wildman–Crippen LogP) is 6.78. The van der Waals surface area contributed by atoms with Gasteiger partial charge in [-0.15, -0.1) is 0 Å². The summed E-state index contributed by atoms with van der Waals surface area (Å²) in [5.41, 5.74) is 2.87. The molecule has 0 unspecified atom stereocenters. The van der Waals surface area contributed by atoms with Crippen molar-refractivity contribution in [2.45, 2.75) is 20.8 Å². The molecule has 4 aromatic rings. The van der Waals surface area contributed by atoms with E-state index >= 15 is 0 Å². The average Bonchev–Trinajstić information content (AvgIpc) is 2.68. The molecule has 5 nitrogen and oxygen atoms in total. The van der Waals surface area contributed by atoms with Crippen LogP contribution in [0.2, 0.25) is 0 Å². The quantitative estimate of drug-likeness (QED) is 0.358. The lowest BCUT2D eigenvalue weighted by molar-refractivity contribution is 0.426. The summed E-state index contributed by atoms with van der Waals surface area (Å²) >= 11 is 0. The molecule has 0 saturated carbocycles. The highest BCUT2D eigenvalue weighted by atomic mass is 16.5. The molecule has 30 heavy (non-hydrogen) atoms. The fourth-order valence-electron chi connectivity index (χ4n) is 2.93. The van der Waals surface area contributed by atoms with Crippen molar-refractivity contribution in [1.82, 2.24) is 9.97 Å². The molecule has 0 saturated heterocycles. The zero-order chi connectivity index (χ0) is 20.9. The molecule has 0 fully saturated rings. The first kappa shape index (κ1) is 19.5. The lowest BCUT2D eigenvalue weighted by Crippen LogP contribution is -1.94. The third-order valence-electron chi connectivity index (χ3n) is 4.25. The van der Waals surface area contributed by atoms with Gasteiger partial charge in [-0.1, -0.05) is 24.3 Å². The van der Waals surface area contributed by atoms with Crippen LogP contribution in [0.4, 0.5) is 0 Å². The topological polar surface area (TPSA) is 53.5 Å². The Morgan fingerprint density at radius 2 is 1.00 bits per heavy atom. The second-order valence-electron chi connectivity index (χ2n) is 7.00. The van der Waals surface area contributed by atoms with Gasteiger partial charge in [-0.05, 0) is 50.6 Å². The number of aryl methyl sites for hydroxylation is 3. The monoisotopic (exact) mass is 398 g/mol. The van der Waals surface area contributed by atoms with Gasteiger partial charge in [0, 0.05) is 41.7 Å². The molecule has 0 radical (unpaired) electrons. The third kappa shape index (κ3) is 5.14. The number of nitrogens with zero attached hydrogens (tertiary/aromatic N) is 2. The van der Waals surface area contributed by atoms with Crippen LogP contribution in [0, 0.1) is 20.8 Å². The van der Waals surface area contributed by atoms with Crippen molar-refractivity contribution in [2.75, 3.05) is 0 Å². The maximum absolute atomic E-state index is 6.06. The fraction of sp³-hybridized carbons (Fsp3) is 0.120. The van der Waals surface area contributed by atoms with Gasteiger partial charge in [0.2, 0.25) is 11.8 Å². The summed E-state index contributed by atoms with van der Waals surface area (Å²) in [6.07, 6.45) is 0. The Kier molecular flexibility index (Phi) is 5.61. The summed E-state index contributed by atoms with van der Waals surface area (Å²) in [4.78, 5) is 8.81. The number of ether oxygens (including phenoxy) is 3. The van der Waals surface area contributed by atoms with Crippen molar-refractivity contribution in [3.05, 3.63) is 95.8 Å². The highest BCUT2D eigenvalue weighted by molar-refractivity contribution is 5.46. The van der Waals surface area contributed by atoms with Gasteiger partial charge in [0.15, 0.2) is 0 Å². The minimum Gasteiger partial charge on any atom is -0.457 e. The fourth-order valence-corrected chi connectivity index (χ4v) is 2.93. The van der Waals surface area contributed by atoms with Gasteiger partial charge in [-0.3, -0.25) is 0 Å². The number of hydrogen-bond donors (Lipinski definition) is 0. The molecule has 150 valence electrons. The predicted molar refractivity (Wildman–Crippen MR) is 116 cm³/mol. The number of hydrogen-bond acceptors (Lipinski definition) is 5. The standard InChI is InChI=1S/C25H22N2O3/c1-17-7-4-10-20(13-17)28-21-14-22(29-24-11-5-8-18(2)26-24)16-23(15-21)30-25-12-6-9-19(3)27-25/h4-16H,1-3H3. The van der Waals surface area contributed by atoms with Crippen LogP contribution in [0.1, 0.15) is 17.0 Å². The zero-order valence-corrected chi connectivity index (χ0v) is 17.1. The Hall–Kier alpha value is -3.86. The Morgan fingerprint density at radius 1 is 0.500 bits per heavy atom. The molecule has 2 aromatic carbocycles. The number of aromatic nitrogens is 2. The molecule has 0 aliphatic heterocycles. The smallest absolute Gasteiger partial charge is 0.219 e. The zero-order valence-electron chi connectivity index (χ0n) is 17.1. The second-order valence-corrected chi connectivity index (χ2v) is 7.00. The van der Waals surface area contributed by atoms with Crippen LogP contribution in [-0.4, -0.2) is 9.97 Å². The van der Waals surface area contributed by atoms with Crippen molar-refractivity contribution >= 4 is 0 Å². The number of pyridine rings is 2. The minimum absolute atomic E-state index is 0.502. The van der Waals surface area contributed by atoms with E-state index in [0.29, 0.717) is 29.0 Å². The van der Waals surface area contributed by atoms with Gasteiger partial charge in [0.05, 0.1) is 0 Å². The normalized spacial score (nSPS) is 10.5. The van der Waals surface area contributed by atoms with E-state index in [1.54, 1.807) is 6.07 Å². The van der Waals surface area contributed by atoms with Gasteiger partial charge in [0.1, 0.15) is 23.0 Å². The number of benzene rings is 2. The average molecular weight is 398 g/mol. The molecule has 0 aliphatic carbocycles. The Bertz CT molecular complexity index is 1020. The van der Waals surface area contributed by atoms with E-state index in [-0.39, 0.29) is 0 Å². The lowest BCUT2D eigenvalue weighted by Gasteiger charge is -2.13. The molecule has 5 heteroatoms. The first-order valence-corrected chi connectivity index (χ1v) is 9.66. The van der Waals surface area contributed by atoms with E-state index < -0.39 is 0 Å². The summed E-state index contributed by atoms with van der Waals surface area (Å²) < 4.78 is 18.0. The van der Waals surface area contributed by atoms with Crippen LogP contribution in [0.15, 0.2) is 78.9 Å². The Labute approximate surface area is 175 Å². The summed E-state index contributed by atoms with van der Waals surface area (Å²) in [7, 11) is 0. The van der Waals surface area contributed by atoms with E-state index in [4.69, 9.17) is 14.2 Å². The van der Waals surface area contributed by atoms with E-state index in [1.165, 1.54) is 0 Å². The van der Waals surface area contributed by atoms with Crippen LogP contribution < -0.4 is 14.2 Å². The highest BCUT2D eigenvalue weighted by Crippen LogP contribution is 2.35. The van der Waals surface area contributed by atoms with Gasteiger partial charge in [-0.25, -0.2) is 9.97 Å². The summed E-state index contributed by atoms with van der Waals surface area (Å²) in [5.74, 6) is 3.44. The van der Waals surface area contributed by atoms with Gasteiger partial charge in [0.25, 0.3) is 0 Å².